The molecule has 0 fully saturated rings. The number of amides is 5. The Balaban J connectivity index is 1.71. The molecule has 0 saturated carbocycles. The first-order valence-electron chi connectivity index (χ1n) is 18.0. The number of benzene rings is 2. The van der Waals surface area contributed by atoms with Crippen LogP contribution in [0.4, 0.5) is 5.69 Å². The SMILES string of the molecule is C=C1Cc2ccccc2N(C(=O)CCC(=O)N[C@@H](CCCCN)C(=O)N[C@@H](CCCCN)C(=O)N[C@@H](CCCCN)C(N)=O)Cc2ccccc21. The van der Waals surface area contributed by atoms with Gasteiger partial charge in [0.2, 0.25) is 29.5 Å². The van der Waals surface area contributed by atoms with Crippen LogP contribution in [0, 0.1) is 0 Å². The average Bonchev–Trinajstić information content (AvgIpc) is 3.11. The van der Waals surface area contributed by atoms with Crippen molar-refractivity contribution < 1.29 is 24.0 Å². The third kappa shape index (κ3) is 12.9. The Kier molecular flexibility index (Phi) is 17.3. The Morgan fingerprint density at radius 3 is 1.76 bits per heavy atom. The number of para-hydroxylation sites is 1. The van der Waals surface area contributed by atoms with Gasteiger partial charge in [0.1, 0.15) is 18.1 Å². The highest BCUT2D eigenvalue weighted by Crippen LogP contribution is 2.33. The number of hydrogen-bond acceptors (Lipinski definition) is 8. The molecule has 13 nitrogen and oxygen atoms in total. The zero-order chi connectivity index (χ0) is 37.2. The van der Waals surface area contributed by atoms with Gasteiger partial charge in [-0.15, -0.1) is 0 Å². The van der Waals surface area contributed by atoms with E-state index in [1.54, 1.807) is 4.90 Å². The molecular formula is C38H56N8O5. The largest absolute Gasteiger partial charge is 0.368 e. The molecule has 1 aliphatic heterocycles. The second-order valence-electron chi connectivity index (χ2n) is 13.0. The molecular weight excluding hydrogens is 648 g/mol. The van der Waals surface area contributed by atoms with Crippen LogP contribution < -0.4 is 43.8 Å². The molecule has 0 radical (unpaired) electrons. The van der Waals surface area contributed by atoms with E-state index < -0.39 is 41.8 Å². The number of allylic oxidation sites excluding steroid dienone is 1. The molecule has 11 N–H and O–H groups in total. The van der Waals surface area contributed by atoms with Crippen molar-refractivity contribution in [1.29, 1.82) is 0 Å². The summed E-state index contributed by atoms with van der Waals surface area (Å²) < 4.78 is 0. The van der Waals surface area contributed by atoms with E-state index in [1.165, 1.54) is 0 Å². The van der Waals surface area contributed by atoms with E-state index in [0.29, 0.717) is 77.5 Å². The summed E-state index contributed by atoms with van der Waals surface area (Å²) in [5.41, 5.74) is 27.2. The Labute approximate surface area is 301 Å². The van der Waals surface area contributed by atoms with Crippen LogP contribution in [-0.4, -0.2) is 67.3 Å². The molecule has 0 saturated heterocycles. The fourth-order valence-electron chi connectivity index (χ4n) is 6.20. The number of anilines is 1. The molecule has 1 aliphatic rings. The van der Waals surface area contributed by atoms with Crippen LogP contribution in [0.1, 0.15) is 87.3 Å². The zero-order valence-corrected chi connectivity index (χ0v) is 29.7. The summed E-state index contributed by atoms with van der Waals surface area (Å²) in [6.07, 6.45) is 4.86. The maximum atomic E-state index is 13.8. The number of carbonyl (C=O) groups excluding carboxylic acids is 5. The molecule has 278 valence electrons. The van der Waals surface area contributed by atoms with Gasteiger partial charge in [0.25, 0.3) is 0 Å². The normalized spacial score (nSPS) is 14.2. The first kappa shape index (κ1) is 40.8. The fraction of sp³-hybridized carbons (Fsp3) is 0.500. The molecule has 3 atom stereocenters. The number of hydrogen-bond donors (Lipinski definition) is 7. The second kappa shape index (κ2) is 21.6. The van der Waals surface area contributed by atoms with Crippen LogP contribution in [0.5, 0.6) is 0 Å². The van der Waals surface area contributed by atoms with Gasteiger partial charge >= 0.3 is 0 Å². The van der Waals surface area contributed by atoms with E-state index in [0.717, 1.165) is 28.0 Å². The second-order valence-corrected chi connectivity index (χ2v) is 13.0. The van der Waals surface area contributed by atoms with E-state index in [2.05, 4.69) is 22.5 Å². The standard InChI is InChI=1S/C38H56N8O5/c1-26-24-27-12-3-5-18-33(27)46(25-28-13-2-4-14-29(26)28)35(48)20-19-34(47)43-31(16-7-10-22-40)37(50)45-32(17-8-11-23-41)38(51)44-30(36(42)49)15-6-9-21-39/h2-5,12-14,18,30-32H,1,6-11,15-17,19-25,39-41H2,(H2,42,49)(H,43,47)(H,44,51)(H,45,50)/t30-,31-,32-/m0/s1. The molecule has 5 amide bonds. The number of carbonyl (C=O) groups is 5. The van der Waals surface area contributed by atoms with E-state index >= 15 is 0 Å². The maximum absolute atomic E-state index is 13.8. The Morgan fingerprint density at radius 1 is 0.667 bits per heavy atom. The lowest BCUT2D eigenvalue weighted by Gasteiger charge is -2.29. The molecule has 0 aromatic heterocycles. The van der Waals surface area contributed by atoms with Crippen molar-refractivity contribution >= 4 is 40.8 Å². The minimum absolute atomic E-state index is 0.0802. The highest BCUT2D eigenvalue weighted by atomic mass is 16.2. The van der Waals surface area contributed by atoms with Crippen molar-refractivity contribution in [3.63, 3.8) is 0 Å². The molecule has 3 rings (SSSR count). The van der Waals surface area contributed by atoms with Crippen molar-refractivity contribution in [3.05, 3.63) is 71.8 Å². The van der Waals surface area contributed by atoms with Gasteiger partial charge in [-0.25, -0.2) is 0 Å². The summed E-state index contributed by atoms with van der Waals surface area (Å²) in [7, 11) is 0. The van der Waals surface area contributed by atoms with Crippen LogP contribution in [0.25, 0.3) is 5.57 Å². The summed E-state index contributed by atoms with van der Waals surface area (Å²) >= 11 is 0. The highest BCUT2D eigenvalue weighted by molar-refractivity contribution is 5.98. The Hall–Kier alpha value is -4.59. The molecule has 0 bridgehead atoms. The van der Waals surface area contributed by atoms with Crippen molar-refractivity contribution in [1.82, 2.24) is 16.0 Å². The number of primary amides is 1. The Morgan fingerprint density at radius 2 is 1.18 bits per heavy atom. The lowest BCUT2D eigenvalue weighted by Crippen LogP contribution is -2.56. The van der Waals surface area contributed by atoms with E-state index in [1.807, 2.05) is 48.5 Å². The monoisotopic (exact) mass is 704 g/mol. The van der Waals surface area contributed by atoms with Gasteiger partial charge in [0.15, 0.2) is 0 Å². The highest BCUT2D eigenvalue weighted by Gasteiger charge is 2.29. The smallest absolute Gasteiger partial charge is 0.243 e. The van der Waals surface area contributed by atoms with Crippen molar-refractivity contribution in [2.75, 3.05) is 24.5 Å². The topological polar surface area (TPSA) is 229 Å². The summed E-state index contributed by atoms with van der Waals surface area (Å²) in [6.45, 7) is 5.88. The summed E-state index contributed by atoms with van der Waals surface area (Å²) in [6, 6.07) is 12.7. The summed E-state index contributed by atoms with van der Waals surface area (Å²) in [5, 5.41) is 8.25. The zero-order valence-electron chi connectivity index (χ0n) is 29.7. The summed E-state index contributed by atoms with van der Waals surface area (Å²) in [4.78, 5) is 67.8. The van der Waals surface area contributed by atoms with Crippen LogP contribution >= 0.6 is 0 Å². The predicted molar refractivity (Wildman–Crippen MR) is 200 cm³/mol. The minimum atomic E-state index is -0.984. The quantitative estimate of drug-likeness (QED) is 0.0947. The van der Waals surface area contributed by atoms with Gasteiger partial charge in [-0.3, -0.25) is 24.0 Å². The van der Waals surface area contributed by atoms with Gasteiger partial charge in [-0.2, -0.15) is 0 Å². The van der Waals surface area contributed by atoms with E-state index in [9.17, 15) is 24.0 Å². The van der Waals surface area contributed by atoms with Gasteiger partial charge < -0.3 is 43.8 Å². The fourth-order valence-corrected chi connectivity index (χ4v) is 6.20. The first-order chi connectivity index (χ1) is 24.6. The first-order valence-corrected chi connectivity index (χ1v) is 18.0. The van der Waals surface area contributed by atoms with Gasteiger partial charge in [-0.05, 0) is 112 Å². The van der Waals surface area contributed by atoms with Crippen molar-refractivity contribution in [2.24, 2.45) is 22.9 Å². The lowest BCUT2D eigenvalue weighted by atomic mass is 9.92. The van der Waals surface area contributed by atoms with Crippen molar-refractivity contribution in [2.45, 2.75) is 102 Å². The predicted octanol–water partition coefficient (Wildman–Crippen LogP) is 1.90. The van der Waals surface area contributed by atoms with Gasteiger partial charge in [0, 0.05) is 18.5 Å². The molecule has 0 spiro atoms. The van der Waals surface area contributed by atoms with Crippen LogP contribution in [0.2, 0.25) is 0 Å². The number of nitrogens with zero attached hydrogens (tertiary/aromatic N) is 1. The molecule has 0 unspecified atom stereocenters. The number of unbranched alkanes of at least 4 members (excludes halogenated alkanes) is 3. The number of nitrogens with one attached hydrogen (secondary N) is 3. The summed E-state index contributed by atoms with van der Waals surface area (Å²) in [5.74, 6) is -2.47. The average molecular weight is 705 g/mol. The molecule has 2 aromatic rings. The maximum Gasteiger partial charge on any atom is 0.243 e. The molecule has 0 aliphatic carbocycles. The number of fused-ring (bicyclic) bond motifs is 2. The third-order valence-corrected chi connectivity index (χ3v) is 9.07. The molecule has 13 heteroatoms. The molecule has 51 heavy (non-hydrogen) atoms. The van der Waals surface area contributed by atoms with Gasteiger partial charge in [0.05, 0.1) is 6.54 Å². The third-order valence-electron chi connectivity index (χ3n) is 9.07. The van der Waals surface area contributed by atoms with Crippen molar-refractivity contribution in [3.8, 4) is 0 Å². The molecule has 1 heterocycles. The number of rotatable bonds is 21. The van der Waals surface area contributed by atoms with E-state index in [-0.39, 0.29) is 31.6 Å². The number of nitrogens with two attached hydrogens (primary N) is 4. The lowest BCUT2D eigenvalue weighted by molar-refractivity contribution is -0.133. The van der Waals surface area contributed by atoms with Crippen LogP contribution in [0.15, 0.2) is 55.1 Å². The van der Waals surface area contributed by atoms with Gasteiger partial charge in [-0.1, -0.05) is 49.0 Å². The minimum Gasteiger partial charge on any atom is -0.368 e. The Bertz CT molecular complexity index is 1500. The van der Waals surface area contributed by atoms with Crippen LogP contribution in [-0.2, 0) is 36.9 Å². The van der Waals surface area contributed by atoms with Crippen LogP contribution in [0.3, 0.4) is 0 Å². The molecule has 2 aromatic carbocycles. The van der Waals surface area contributed by atoms with E-state index in [4.69, 9.17) is 22.9 Å².